The molecule has 0 bridgehead atoms. The third-order valence-electron chi connectivity index (χ3n) is 4.41. The maximum Gasteiger partial charge on any atom is 0.435 e. The van der Waals surface area contributed by atoms with Gasteiger partial charge in [0.05, 0.1) is 5.69 Å². The summed E-state index contributed by atoms with van der Waals surface area (Å²) in [6.07, 6.45) is -3.69. The number of amides is 1. The molecule has 3 aromatic rings. The van der Waals surface area contributed by atoms with E-state index in [0.717, 1.165) is 10.7 Å². The number of carboxylic acids is 1. The molecule has 1 heterocycles. The highest BCUT2D eigenvalue weighted by atomic mass is 19.4. The standard InChI is InChI=1S/C21H18F3N3O3/c22-21(23,24)18-10-11-27(26-18)17-8-6-16(7-9-17)25-19(28)12-15(13-20(29)30)14-4-2-1-3-5-14/h1-11,15H,12-13H2,(H,25,28)(H,29,30)/p-1/t15-/m1/s1. The number of anilines is 1. The predicted molar refractivity (Wildman–Crippen MR) is 101 cm³/mol. The Morgan fingerprint density at radius 3 is 2.23 bits per heavy atom. The molecule has 0 fully saturated rings. The van der Waals surface area contributed by atoms with Gasteiger partial charge in [-0.15, -0.1) is 0 Å². The van der Waals surface area contributed by atoms with Gasteiger partial charge in [-0.3, -0.25) is 4.79 Å². The van der Waals surface area contributed by atoms with Crippen LogP contribution in [-0.2, 0) is 15.8 Å². The molecule has 0 spiro atoms. The van der Waals surface area contributed by atoms with E-state index in [0.29, 0.717) is 16.9 Å². The van der Waals surface area contributed by atoms with Crippen molar-refractivity contribution in [1.29, 1.82) is 0 Å². The number of halogens is 3. The van der Waals surface area contributed by atoms with Gasteiger partial charge in [-0.1, -0.05) is 30.3 Å². The molecular weight excluding hydrogens is 399 g/mol. The highest BCUT2D eigenvalue weighted by molar-refractivity contribution is 5.91. The first kappa shape index (κ1) is 21.1. The van der Waals surface area contributed by atoms with Crippen molar-refractivity contribution in [2.45, 2.75) is 24.9 Å². The highest BCUT2D eigenvalue weighted by Gasteiger charge is 2.33. The zero-order valence-corrected chi connectivity index (χ0v) is 15.6. The highest BCUT2D eigenvalue weighted by Crippen LogP contribution is 2.28. The van der Waals surface area contributed by atoms with Gasteiger partial charge in [0, 0.05) is 24.3 Å². The van der Waals surface area contributed by atoms with Crippen LogP contribution in [0, 0.1) is 0 Å². The van der Waals surface area contributed by atoms with Crippen molar-refractivity contribution in [3.63, 3.8) is 0 Å². The molecule has 1 atom stereocenters. The average molecular weight is 416 g/mol. The van der Waals surface area contributed by atoms with Gasteiger partial charge >= 0.3 is 6.18 Å². The summed E-state index contributed by atoms with van der Waals surface area (Å²) in [5.41, 5.74) is 0.529. The number of hydrogen-bond acceptors (Lipinski definition) is 4. The fourth-order valence-corrected chi connectivity index (χ4v) is 2.99. The zero-order chi connectivity index (χ0) is 21.7. The summed E-state index contributed by atoms with van der Waals surface area (Å²) in [4.78, 5) is 23.4. The molecule has 0 saturated carbocycles. The van der Waals surface area contributed by atoms with E-state index in [9.17, 15) is 27.9 Å². The summed E-state index contributed by atoms with van der Waals surface area (Å²) < 4.78 is 39.1. The molecule has 156 valence electrons. The number of carbonyl (C=O) groups is 2. The second kappa shape index (κ2) is 8.81. The van der Waals surface area contributed by atoms with Crippen molar-refractivity contribution in [3.8, 4) is 5.69 Å². The molecule has 0 saturated heterocycles. The second-order valence-electron chi connectivity index (χ2n) is 6.63. The van der Waals surface area contributed by atoms with E-state index in [2.05, 4.69) is 10.4 Å². The molecule has 6 nitrogen and oxygen atoms in total. The zero-order valence-electron chi connectivity index (χ0n) is 15.6. The SMILES string of the molecule is O=C([O-])C[C@@H](CC(=O)Nc1ccc(-n2ccc(C(F)(F)F)n2)cc1)c1ccccc1. The lowest BCUT2D eigenvalue weighted by atomic mass is 9.92. The molecular formula is C21H17F3N3O3-. The van der Waals surface area contributed by atoms with Crippen molar-refractivity contribution in [2.24, 2.45) is 0 Å². The van der Waals surface area contributed by atoms with Crippen molar-refractivity contribution < 1.29 is 27.9 Å². The third kappa shape index (κ3) is 5.47. The molecule has 0 unspecified atom stereocenters. The number of benzene rings is 2. The van der Waals surface area contributed by atoms with Crippen LogP contribution in [0.4, 0.5) is 18.9 Å². The molecule has 0 aliphatic heterocycles. The fraction of sp³-hybridized carbons (Fsp3) is 0.190. The Morgan fingerprint density at radius 1 is 1.00 bits per heavy atom. The smallest absolute Gasteiger partial charge is 0.435 e. The van der Waals surface area contributed by atoms with Crippen LogP contribution >= 0.6 is 0 Å². The normalized spacial score (nSPS) is 12.4. The van der Waals surface area contributed by atoms with E-state index in [-0.39, 0.29) is 12.8 Å². The Labute approximate surface area is 170 Å². The molecule has 3 rings (SSSR count). The number of aromatic nitrogens is 2. The summed E-state index contributed by atoms with van der Waals surface area (Å²) in [7, 11) is 0. The maximum atomic E-state index is 12.7. The van der Waals surface area contributed by atoms with Gasteiger partial charge in [0.2, 0.25) is 5.91 Å². The van der Waals surface area contributed by atoms with Crippen LogP contribution in [-0.4, -0.2) is 21.7 Å². The van der Waals surface area contributed by atoms with Crippen LogP contribution in [0.15, 0.2) is 66.9 Å². The summed E-state index contributed by atoms with van der Waals surface area (Å²) in [6, 6.07) is 15.7. The Morgan fingerprint density at radius 2 is 1.67 bits per heavy atom. The van der Waals surface area contributed by atoms with Gasteiger partial charge in [0.15, 0.2) is 5.69 Å². The van der Waals surface area contributed by atoms with Crippen molar-refractivity contribution >= 4 is 17.6 Å². The maximum absolute atomic E-state index is 12.7. The quantitative estimate of drug-likeness (QED) is 0.641. The number of aliphatic carboxylic acids is 1. The Balaban J connectivity index is 1.66. The lowest BCUT2D eigenvalue weighted by molar-refractivity contribution is -0.306. The number of hydrogen-bond donors (Lipinski definition) is 1. The Hall–Kier alpha value is -3.62. The average Bonchev–Trinajstić information content (AvgIpc) is 3.19. The summed E-state index contributed by atoms with van der Waals surface area (Å²) in [5.74, 6) is -2.19. The van der Waals surface area contributed by atoms with Crippen molar-refractivity contribution in [2.75, 3.05) is 5.32 Å². The first-order valence-corrected chi connectivity index (χ1v) is 9.00. The Bertz CT molecular complexity index is 1020. The topological polar surface area (TPSA) is 87.0 Å². The molecule has 30 heavy (non-hydrogen) atoms. The van der Waals surface area contributed by atoms with E-state index >= 15 is 0 Å². The number of nitrogens with one attached hydrogen (secondary N) is 1. The molecule has 1 N–H and O–H groups in total. The first-order valence-electron chi connectivity index (χ1n) is 9.00. The molecule has 1 amide bonds. The summed E-state index contributed by atoms with van der Waals surface area (Å²) in [6.45, 7) is 0. The summed E-state index contributed by atoms with van der Waals surface area (Å²) in [5, 5.41) is 17.2. The van der Waals surface area contributed by atoms with Crippen LogP contribution < -0.4 is 10.4 Å². The van der Waals surface area contributed by atoms with Gasteiger partial charge in [-0.05, 0) is 48.2 Å². The van der Waals surface area contributed by atoms with Crippen LogP contribution in [0.25, 0.3) is 5.69 Å². The molecule has 9 heteroatoms. The number of carbonyl (C=O) groups excluding carboxylic acids is 2. The molecule has 1 aromatic heterocycles. The Kier molecular flexibility index (Phi) is 6.20. The van der Waals surface area contributed by atoms with E-state index in [1.54, 1.807) is 30.3 Å². The van der Waals surface area contributed by atoms with Crippen LogP contribution in [0.1, 0.15) is 30.0 Å². The van der Waals surface area contributed by atoms with Gasteiger partial charge in [-0.2, -0.15) is 18.3 Å². The fourth-order valence-electron chi connectivity index (χ4n) is 2.99. The number of rotatable bonds is 7. The summed E-state index contributed by atoms with van der Waals surface area (Å²) >= 11 is 0. The van der Waals surface area contributed by atoms with Gasteiger partial charge in [0.1, 0.15) is 0 Å². The van der Waals surface area contributed by atoms with E-state index in [1.807, 2.05) is 0 Å². The van der Waals surface area contributed by atoms with Gasteiger partial charge in [-0.25, -0.2) is 4.68 Å². The van der Waals surface area contributed by atoms with Crippen LogP contribution in [0.2, 0.25) is 0 Å². The molecule has 0 radical (unpaired) electrons. The predicted octanol–water partition coefficient (Wildman–Crippen LogP) is 3.14. The molecule has 2 aromatic carbocycles. The van der Waals surface area contributed by atoms with E-state index in [4.69, 9.17) is 0 Å². The van der Waals surface area contributed by atoms with Gasteiger partial charge < -0.3 is 15.2 Å². The number of carboxylic acid groups (broad SMARTS) is 1. The van der Waals surface area contributed by atoms with Gasteiger partial charge in [0.25, 0.3) is 0 Å². The van der Waals surface area contributed by atoms with Crippen LogP contribution in [0.3, 0.4) is 0 Å². The minimum absolute atomic E-state index is 0.0617. The van der Waals surface area contributed by atoms with E-state index in [1.165, 1.54) is 30.5 Å². The second-order valence-corrected chi connectivity index (χ2v) is 6.63. The van der Waals surface area contributed by atoms with Crippen molar-refractivity contribution in [3.05, 3.63) is 78.1 Å². The minimum atomic E-state index is -4.53. The third-order valence-corrected chi connectivity index (χ3v) is 4.41. The first-order chi connectivity index (χ1) is 14.2. The van der Waals surface area contributed by atoms with Crippen molar-refractivity contribution in [1.82, 2.24) is 9.78 Å². The lowest BCUT2D eigenvalue weighted by Gasteiger charge is -2.18. The number of nitrogens with zero attached hydrogens (tertiary/aromatic N) is 2. The lowest BCUT2D eigenvalue weighted by Crippen LogP contribution is -2.26. The van der Waals surface area contributed by atoms with Crippen LogP contribution in [0.5, 0.6) is 0 Å². The largest absolute Gasteiger partial charge is 0.550 e. The monoisotopic (exact) mass is 416 g/mol. The minimum Gasteiger partial charge on any atom is -0.550 e. The molecule has 0 aliphatic rings. The molecule has 0 aliphatic carbocycles. The van der Waals surface area contributed by atoms with E-state index < -0.39 is 29.7 Å². The number of alkyl halides is 3.